The van der Waals surface area contributed by atoms with Crippen LogP contribution in [0.2, 0.25) is 5.28 Å². The SMILES string of the molecule is FC(F)(F)c1ccc(-c2cccnc2)c(Oc2ccc3nnc(Cl)n3n2)c1. The molecule has 0 spiro atoms. The van der Waals surface area contributed by atoms with Crippen LogP contribution in [0.4, 0.5) is 13.2 Å². The fourth-order valence-corrected chi connectivity index (χ4v) is 2.62. The van der Waals surface area contributed by atoms with Crippen LogP contribution in [0.5, 0.6) is 11.6 Å². The fourth-order valence-electron chi connectivity index (χ4n) is 2.46. The van der Waals surface area contributed by atoms with Crippen molar-refractivity contribution in [1.29, 1.82) is 0 Å². The Bertz CT molecular complexity index is 1110. The Morgan fingerprint density at radius 3 is 2.63 bits per heavy atom. The van der Waals surface area contributed by atoms with Crippen molar-refractivity contribution in [2.75, 3.05) is 0 Å². The van der Waals surface area contributed by atoms with Crippen LogP contribution in [0.25, 0.3) is 16.8 Å². The Hall–Kier alpha value is -3.20. The third-order valence-electron chi connectivity index (χ3n) is 3.70. The van der Waals surface area contributed by atoms with Crippen LogP contribution >= 0.6 is 11.6 Å². The topological polar surface area (TPSA) is 65.2 Å². The maximum Gasteiger partial charge on any atom is 0.416 e. The average Bonchev–Trinajstić information content (AvgIpc) is 3.02. The van der Waals surface area contributed by atoms with Gasteiger partial charge in [-0.15, -0.1) is 15.3 Å². The maximum absolute atomic E-state index is 13.1. The van der Waals surface area contributed by atoms with Crippen LogP contribution in [0.15, 0.2) is 54.9 Å². The second-order valence-corrected chi connectivity index (χ2v) is 5.80. The molecule has 0 bridgehead atoms. The van der Waals surface area contributed by atoms with Crippen LogP contribution in [0.3, 0.4) is 0 Å². The van der Waals surface area contributed by atoms with Gasteiger partial charge in [0.25, 0.3) is 0 Å². The highest BCUT2D eigenvalue weighted by atomic mass is 35.5. The Morgan fingerprint density at radius 2 is 1.89 bits per heavy atom. The number of fused-ring (bicyclic) bond motifs is 1. The molecule has 0 radical (unpaired) electrons. The van der Waals surface area contributed by atoms with E-state index < -0.39 is 11.7 Å². The zero-order valence-electron chi connectivity index (χ0n) is 13.4. The van der Waals surface area contributed by atoms with Gasteiger partial charge in [0.1, 0.15) is 5.75 Å². The summed E-state index contributed by atoms with van der Waals surface area (Å²) in [5, 5.41) is 11.5. The van der Waals surface area contributed by atoms with Gasteiger partial charge in [-0.2, -0.15) is 17.7 Å². The number of alkyl halides is 3. The number of aromatic nitrogens is 5. The predicted octanol–water partition coefficient (Wildman–Crippen LogP) is 4.65. The fraction of sp³-hybridized carbons (Fsp3) is 0.0588. The van der Waals surface area contributed by atoms with Crippen LogP contribution in [-0.4, -0.2) is 24.8 Å². The first-order chi connectivity index (χ1) is 12.9. The normalized spacial score (nSPS) is 11.7. The van der Waals surface area contributed by atoms with Gasteiger partial charge in [0.2, 0.25) is 11.2 Å². The summed E-state index contributed by atoms with van der Waals surface area (Å²) in [6.45, 7) is 0. The monoisotopic (exact) mass is 391 g/mol. The highest BCUT2D eigenvalue weighted by Crippen LogP contribution is 2.38. The van der Waals surface area contributed by atoms with Gasteiger partial charge in [0.15, 0.2) is 5.65 Å². The van der Waals surface area contributed by atoms with Crippen molar-refractivity contribution in [1.82, 2.24) is 24.8 Å². The highest BCUT2D eigenvalue weighted by molar-refractivity contribution is 6.28. The summed E-state index contributed by atoms with van der Waals surface area (Å²) in [7, 11) is 0. The molecule has 0 atom stereocenters. The predicted molar refractivity (Wildman–Crippen MR) is 90.5 cm³/mol. The lowest BCUT2D eigenvalue weighted by Gasteiger charge is -2.14. The van der Waals surface area contributed by atoms with Crippen molar-refractivity contribution in [3.8, 4) is 22.8 Å². The van der Waals surface area contributed by atoms with E-state index in [0.717, 1.165) is 12.1 Å². The van der Waals surface area contributed by atoms with Gasteiger partial charge in [0, 0.05) is 29.6 Å². The Kier molecular flexibility index (Phi) is 4.15. The van der Waals surface area contributed by atoms with Gasteiger partial charge in [-0.3, -0.25) is 4.98 Å². The molecular formula is C17H9ClF3N5O. The van der Waals surface area contributed by atoms with Crippen LogP contribution in [0, 0.1) is 0 Å². The molecule has 0 saturated heterocycles. The first-order valence-corrected chi connectivity index (χ1v) is 7.97. The first-order valence-electron chi connectivity index (χ1n) is 7.59. The number of halogens is 4. The van der Waals surface area contributed by atoms with E-state index in [4.69, 9.17) is 16.3 Å². The van der Waals surface area contributed by atoms with Crippen molar-refractivity contribution in [2.24, 2.45) is 0 Å². The minimum Gasteiger partial charge on any atom is -0.437 e. The largest absolute Gasteiger partial charge is 0.437 e. The zero-order valence-corrected chi connectivity index (χ0v) is 14.1. The highest BCUT2D eigenvalue weighted by Gasteiger charge is 2.31. The molecule has 1 aromatic carbocycles. The summed E-state index contributed by atoms with van der Waals surface area (Å²) in [6.07, 6.45) is -1.42. The lowest BCUT2D eigenvalue weighted by atomic mass is 10.0. The molecule has 0 saturated carbocycles. The molecule has 0 fully saturated rings. The molecule has 6 nitrogen and oxygen atoms in total. The smallest absolute Gasteiger partial charge is 0.416 e. The molecule has 3 aromatic heterocycles. The Labute approximate surface area is 155 Å². The molecule has 4 rings (SSSR count). The maximum atomic E-state index is 13.1. The first kappa shape index (κ1) is 17.2. The third-order valence-corrected chi connectivity index (χ3v) is 3.93. The Morgan fingerprint density at radius 1 is 1.04 bits per heavy atom. The van der Waals surface area contributed by atoms with E-state index in [2.05, 4.69) is 20.3 Å². The van der Waals surface area contributed by atoms with Crippen molar-refractivity contribution in [2.45, 2.75) is 6.18 Å². The van der Waals surface area contributed by atoms with E-state index in [1.54, 1.807) is 24.4 Å². The number of nitrogens with zero attached hydrogens (tertiary/aromatic N) is 5. The van der Waals surface area contributed by atoms with E-state index in [1.165, 1.54) is 22.8 Å². The van der Waals surface area contributed by atoms with Crippen LogP contribution in [-0.2, 0) is 6.18 Å². The standard InChI is InChI=1S/C17H9ClF3N5O/c18-16-24-23-14-5-6-15(25-26(14)16)27-13-8-11(17(19,20)21)3-4-12(13)10-2-1-7-22-9-10/h1-9H. The summed E-state index contributed by atoms with van der Waals surface area (Å²) in [5.41, 5.74) is 0.579. The minimum atomic E-state index is -4.51. The molecule has 0 amide bonds. The van der Waals surface area contributed by atoms with Crippen molar-refractivity contribution in [3.63, 3.8) is 0 Å². The molecule has 0 unspecified atom stereocenters. The molecule has 4 aromatic rings. The lowest BCUT2D eigenvalue weighted by molar-refractivity contribution is -0.137. The number of benzene rings is 1. The molecule has 0 aliphatic rings. The molecule has 3 heterocycles. The lowest BCUT2D eigenvalue weighted by Crippen LogP contribution is -2.05. The number of hydrogen-bond acceptors (Lipinski definition) is 5. The molecule has 0 aliphatic heterocycles. The number of ether oxygens (including phenoxy) is 1. The van der Waals surface area contributed by atoms with E-state index in [0.29, 0.717) is 16.8 Å². The van der Waals surface area contributed by atoms with Gasteiger partial charge in [-0.25, -0.2) is 0 Å². The van der Waals surface area contributed by atoms with E-state index in [9.17, 15) is 13.2 Å². The van der Waals surface area contributed by atoms with Gasteiger partial charge >= 0.3 is 6.18 Å². The second-order valence-electron chi connectivity index (χ2n) is 5.46. The van der Waals surface area contributed by atoms with Crippen molar-refractivity contribution in [3.05, 3.63) is 65.7 Å². The van der Waals surface area contributed by atoms with Crippen LogP contribution < -0.4 is 4.74 Å². The summed E-state index contributed by atoms with van der Waals surface area (Å²) in [6, 6.07) is 9.64. The second kappa shape index (κ2) is 6.51. The molecule has 10 heteroatoms. The summed E-state index contributed by atoms with van der Waals surface area (Å²) in [4.78, 5) is 3.99. The summed E-state index contributed by atoms with van der Waals surface area (Å²) >= 11 is 5.87. The number of rotatable bonds is 3. The van der Waals surface area contributed by atoms with Gasteiger partial charge < -0.3 is 4.74 Å². The van der Waals surface area contributed by atoms with E-state index in [-0.39, 0.29) is 16.9 Å². The zero-order chi connectivity index (χ0) is 19.0. The molecule has 0 N–H and O–H groups in total. The average molecular weight is 392 g/mol. The van der Waals surface area contributed by atoms with E-state index in [1.807, 2.05) is 0 Å². The minimum absolute atomic E-state index is 0.00646. The van der Waals surface area contributed by atoms with Gasteiger partial charge in [0.05, 0.1) is 5.56 Å². The molecule has 0 aliphatic carbocycles. The van der Waals surface area contributed by atoms with Crippen LogP contribution in [0.1, 0.15) is 5.56 Å². The Balaban J connectivity index is 1.81. The number of pyridine rings is 1. The van der Waals surface area contributed by atoms with Gasteiger partial charge in [-0.05, 0) is 41.9 Å². The molecule has 27 heavy (non-hydrogen) atoms. The molecular weight excluding hydrogens is 383 g/mol. The third kappa shape index (κ3) is 3.41. The van der Waals surface area contributed by atoms with Crippen molar-refractivity contribution < 1.29 is 17.9 Å². The molecule has 136 valence electrons. The summed E-state index contributed by atoms with van der Waals surface area (Å²) < 4.78 is 46.3. The summed E-state index contributed by atoms with van der Waals surface area (Å²) in [5.74, 6) is 0.0162. The van der Waals surface area contributed by atoms with Crippen molar-refractivity contribution >= 4 is 17.2 Å². The number of hydrogen-bond donors (Lipinski definition) is 0. The van der Waals surface area contributed by atoms with Gasteiger partial charge in [-0.1, -0.05) is 6.07 Å². The van der Waals surface area contributed by atoms with E-state index >= 15 is 0 Å². The quantitative estimate of drug-likeness (QED) is 0.508.